The standard InChI is InChI=1S/C25H24ClN3O5S/c1-16(28(2)35(31,32)21-12-10-20(34-4)11-13-21)24-27-23-14-5-17(26)15-22(23)25(30)29(24)18-6-8-19(33-3)9-7-18/h5-16H,1-4H3. The molecule has 0 aliphatic rings. The number of hydrogen-bond donors (Lipinski definition) is 0. The summed E-state index contributed by atoms with van der Waals surface area (Å²) in [6.07, 6.45) is 0. The van der Waals surface area contributed by atoms with Crippen molar-refractivity contribution < 1.29 is 17.9 Å². The van der Waals surface area contributed by atoms with Gasteiger partial charge in [0.05, 0.1) is 41.7 Å². The van der Waals surface area contributed by atoms with E-state index in [2.05, 4.69) is 0 Å². The van der Waals surface area contributed by atoms with Gasteiger partial charge in [0, 0.05) is 12.1 Å². The lowest BCUT2D eigenvalue weighted by Gasteiger charge is -2.26. The first-order valence-corrected chi connectivity index (χ1v) is 12.5. The van der Waals surface area contributed by atoms with Crippen molar-refractivity contribution in [2.45, 2.75) is 17.9 Å². The molecule has 0 saturated heterocycles. The Balaban J connectivity index is 1.89. The topological polar surface area (TPSA) is 90.7 Å². The highest BCUT2D eigenvalue weighted by molar-refractivity contribution is 7.89. The van der Waals surface area contributed by atoms with Crippen molar-refractivity contribution in [1.82, 2.24) is 13.9 Å². The maximum atomic E-state index is 13.6. The summed E-state index contributed by atoms with van der Waals surface area (Å²) in [4.78, 5) is 18.4. The summed E-state index contributed by atoms with van der Waals surface area (Å²) in [5.41, 5.74) is 0.572. The molecule has 4 rings (SSSR count). The molecule has 35 heavy (non-hydrogen) atoms. The van der Waals surface area contributed by atoms with Gasteiger partial charge in [-0.3, -0.25) is 9.36 Å². The summed E-state index contributed by atoms with van der Waals surface area (Å²) in [5.74, 6) is 1.42. The number of benzene rings is 3. The van der Waals surface area contributed by atoms with Gasteiger partial charge in [-0.2, -0.15) is 4.31 Å². The van der Waals surface area contributed by atoms with Crippen LogP contribution in [0.1, 0.15) is 18.8 Å². The van der Waals surface area contributed by atoms with Gasteiger partial charge in [-0.15, -0.1) is 0 Å². The van der Waals surface area contributed by atoms with Gasteiger partial charge in [0.1, 0.15) is 17.3 Å². The minimum Gasteiger partial charge on any atom is -0.497 e. The largest absolute Gasteiger partial charge is 0.497 e. The maximum absolute atomic E-state index is 13.6. The highest BCUT2D eigenvalue weighted by Crippen LogP contribution is 2.28. The van der Waals surface area contributed by atoms with Crippen LogP contribution in [0.4, 0.5) is 0 Å². The van der Waals surface area contributed by atoms with Crippen LogP contribution in [0.25, 0.3) is 16.6 Å². The molecule has 1 heterocycles. The van der Waals surface area contributed by atoms with Crippen molar-refractivity contribution in [2.24, 2.45) is 0 Å². The third-order valence-electron chi connectivity index (χ3n) is 5.84. The fourth-order valence-corrected chi connectivity index (χ4v) is 5.22. The molecule has 10 heteroatoms. The Morgan fingerprint density at radius 3 is 2.09 bits per heavy atom. The summed E-state index contributed by atoms with van der Waals surface area (Å²) in [6, 6.07) is 17.0. The van der Waals surface area contributed by atoms with E-state index in [-0.39, 0.29) is 16.3 Å². The first-order valence-electron chi connectivity index (χ1n) is 10.7. The van der Waals surface area contributed by atoms with Crippen LogP contribution in [0.3, 0.4) is 0 Å². The van der Waals surface area contributed by atoms with Gasteiger partial charge in [-0.05, 0) is 73.7 Å². The Morgan fingerprint density at radius 2 is 1.51 bits per heavy atom. The summed E-state index contributed by atoms with van der Waals surface area (Å²) in [5, 5.41) is 0.725. The van der Waals surface area contributed by atoms with Gasteiger partial charge in [-0.25, -0.2) is 13.4 Å². The molecule has 0 spiro atoms. The minimum atomic E-state index is -3.91. The van der Waals surface area contributed by atoms with E-state index in [1.165, 1.54) is 35.2 Å². The lowest BCUT2D eigenvalue weighted by molar-refractivity contribution is 0.378. The van der Waals surface area contributed by atoms with E-state index < -0.39 is 16.1 Å². The molecule has 0 aliphatic carbocycles. The van der Waals surface area contributed by atoms with Crippen LogP contribution in [0, 0.1) is 0 Å². The van der Waals surface area contributed by atoms with Crippen LogP contribution in [-0.2, 0) is 10.0 Å². The highest BCUT2D eigenvalue weighted by atomic mass is 35.5. The first-order chi connectivity index (χ1) is 16.7. The second-order valence-electron chi connectivity index (χ2n) is 7.84. The fourth-order valence-electron chi connectivity index (χ4n) is 3.72. The van der Waals surface area contributed by atoms with Crippen molar-refractivity contribution in [3.05, 3.63) is 87.9 Å². The molecular formula is C25H24ClN3O5S. The molecule has 0 bridgehead atoms. The molecular weight excluding hydrogens is 490 g/mol. The first kappa shape index (κ1) is 24.7. The fraction of sp³-hybridized carbons (Fsp3) is 0.200. The maximum Gasteiger partial charge on any atom is 0.266 e. The Kier molecular flexibility index (Phi) is 6.84. The van der Waals surface area contributed by atoms with Crippen molar-refractivity contribution in [2.75, 3.05) is 21.3 Å². The van der Waals surface area contributed by atoms with E-state index in [0.717, 1.165) is 0 Å². The average molecular weight is 514 g/mol. The average Bonchev–Trinajstić information content (AvgIpc) is 2.88. The molecule has 1 aromatic heterocycles. The Bertz CT molecular complexity index is 1530. The number of rotatable bonds is 7. The van der Waals surface area contributed by atoms with Crippen LogP contribution in [-0.4, -0.2) is 43.5 Å². The lowest BCUT2D eigenvalue weighted by Crippen LogP contribution is -2.34. The number of methoxy groups -OCH3 is 2. The monoisotopic (exact) mass is 513 g/mol. The molecule has 182 valence electrons. The molecule has 0 radical (unpaired) electrons. The number of fused-ring (bicyclic) bond motifs is 1. The van der Waals surface area contributed by atoms with Gasteiger partial charge in [0.25, 0.3) is 5.56 Å². The highest BCUT2D eigenvalue weighted by Gasteiger charge is 2.30. The second kappa shape index (κ2) is 9.69. The molecule has 0 saturated carbocycles. The molecule has 4 aromatic rings. The van der Waals surface area contributed by atoms with Crippen molar-refractivity contribution in [1.29, 1.82) is 0 Å². The van der Waals surface area contributed by atoms with Gasteiger partial charge in [0.15, 0.2) is 0 Å². The summed E-state index contributed by atoms with van der Waals surface area (Å²) in [6.45, 7) is 1.69. The van der Waals surface area contributed by atoms with Gasteiger partial charge < -0.3 is 9.47 Å². The third-order valence-corrected chi connectivity index (χ3v) is 8.02. The number of ether oxygens (including phenoxy) is 2. The van der Waals surface area contributed by atoms with Crippen LogP contribution in [0.2, 0.25) is 5.02 Å². The summed E-state index contributed by atoms with van der Waals surface area (Å²) in [7, 11) is 0.604. The van der Waals surface area contributed by atoms with E-state index in [0.29, 0.717) is 33.1 Å². The van der Waals surface area contributed by atoms with Crippen LogP contribution in [0.5, 0.6) is 11.5 Å². The van der Waals surface area contributed by atoms with Gasteiger partial charge in [0.2, 0.25) is 10.0 Å². The van der Waals surface area contributed by atoms with Crippen LogP contribution >= 0.6 is 11.6 Å². The van der Waals surface area contributed by atoms with Crippen LogP contribution < -0.4 is 15.0 Å². The SMILES string of the molecule is COc1ccc(-n2c(C(C)N(C)S(=O)(=O)c3ccc(OC)cc3)nc3ccc(Cl)cc3c2=O)cc1. The molecule has 0 aliphatic heterocycles. The quantitative estimate of drug-likeness (QED) is 0.363. The number of aromatic nitrogens is 2. The predicted octanol–water partition coefficient (Wildman–Crippen LogP) is 4.44. The summed E-state index contributed by atoms with van der Waals surface area (Å²) >= 11 is 6.14. The zero-order chi connectivity index (χ0) is 25.3. The molecule has 8 nitrogen and oxygen atoms in total. The van der Waals surface area contributed by atoms with E-state index in [1.807, 2.05) is 0 Å². The Labute approximate surface area is 208 Å². The van der Waals surface area contributed by atoms with Crippen molar-refractivity contribution in [3.8, 4) is 17.2 Å². The molecule has 1 unspecified atom stereocenters. The van der Waals surface area contributed by atoms with E-state index >= 15 is 0 Å². The van der Waals surface area contributed by atoms with Crippen molar-refractivity contribution in [3.63, 3.8) is 0 Å². The van der Waals surface area contributed by atoms with E-state index in [4.69, 9.17) is 26.1 Å². The van der Waals surface area contributed by atoms with Gasteiger partial charge in [-0.1, -0.05) is 11.6 Å². The van der Waals surface area contributed by atoms with E-state index in [9.17, 15) is 13.2 Å². The molecule has 0 amide bonds. The number of sulfonamides is 1. The van der Waals surface area contributed by atoms with Gasteiger partial charge >= 0.3 is 0 Å². The third kappa shape index (κ3) is 4.62. The number of hydrogen-bond acceptors (Lipinski definition) is 6. The molecule has 0 N–H and O–H groups in total. The smallest absolute Gasteiger partial charge is 0.266 e. The Hall–Kier alpha value is -3.40. The molecule has 0 fully saturated rings. The summed E-state index contributed by atoms with van der Waals surface area (Å²) < 4.78 is 39.8. The molecule has 3 aromatic carbocycles. The number of nitrogens with zero attached hydrogens (tertiary/aromatic N) is 3. The number of halogens is 1. The lowest BCUT2D eigenvalue weighted by atomic mass is 10.2. The molecule has 1 atom stereocenters. The van der Waals surface area contributed by atoms with Crippen LogP contribution in [0.15, 0.2) is 76.4 Å². The second-order valence-corrected chi connectivity index (χ2v) is 10.3. The van der Waals surface area contributed by atoms with E-state index in [1.54, 1.807) is 68.6 Å². The predicted molar refractivity (Wildman–Crippen MR) is 135 cm³/mol. The minimum absolute atomic E-state index is 0.0959. The normalized spacial score (nSPS) is 12.6. The van der Waals surface area contributed by atoms with Crippen molar-refractivity contribution >= 4 is 32.5 Å². The zero-order valence-corrected chi connectivity index (χ0v) is 21.2. The Morgan fingerprint density at radius 1 is 0.943 bits per heavy atom. The zero-order valence-electron chi connectivity index (χ0n) is 19.6.